The predicted molar refractivity (Wildman–Crippen MR) is 112 cm³/mol. The normalized spacial score (nSPS) is 22.1. The summed E-state index contributed by atoms with van der Waals surface area (Å²) in [6.45, 7) is 0.171. The standard InChI is InChI=1S/C22H22F5N3O5/c1-21(22(25,26)27)10-13(12-3-4-14(23)16(24)17(12)34-8-2-7-31)18(35-21)20(33)30-11-5-6-29-15(9-11)19(28)32/h3-6,9,13,18,31H,2,7-8,10H2,1H3,(H2,28,32)(H,29,30,33)/t13-,18+,21+/m1/s1. The molecule has 35 heavy (non-hydrogen) atoms. The Morgan fingerprint density at radius 1 is 1.31 bits per heavy atom. The number of alkyl halides is 3. The number of rotatable bonds is 8. The van der Waals surface area contributed by atoms with Crippen LogP contribution in [0, 0.1) is 11.6 Å². The van der Waals surface area contributed by atoms with Gasteiger partial charge in [-0.1, -0.05) is 6.07 Å². The SMILES string of the molecule is C[C@@]1(C(F)(F)F)C[C@H](c2ccc(F)c(F)c2OCCCO)[C@@H](C(=O)Nc2ccnc(C(N)=O)c2)O1. The Morgan fingerprint density at radius 3 is 2.66 bits per heavy atom. The Morgan fingerprint density at radius 2 is 2.03 bits per heavy atom. The number of nitrogens with zero attached hydrogens (tertiary/aromatic N) is 1. The highest BCUT2D eigenvalue weighted by Crippen LogP contribution is 2.51. The highest BCUT2D eigenvalue weighted by atomic mass is 19.4. The van der Waals surface area contributed by atoms with Crippen molar-refractivity contribution >= 4 is 17.5 Å². The summed E-state index contributed by atoms with van der Waals surface area (Å²) in [5, 5.41) is 11.3. The third kappa shape index (κ3) is 5.51. The van der Waals surface area contributed by atoms with Crippen molar-refractivity contribution in [1.82, 2.24) is 4.98 Å². The molecule has 8 nitrogen and oxygen atoms in total. The van der Waals surface area contributed by atoms with E-state index in [0.717, 1.165) is 25.3 Å². The number of aliphatic hydroxyl groups is 1. The van der Waals surface area contributed by atoms with Gasteiger partial charge in [0.15, 0.2) is 17.2 Å². The monoisotopic (exact) mass is 503 g/mol. The van der Waals surface area contributed by atoms with E-state index in [1.165, 1.54) is 6.07 Å². The molecule has 2 amide bonds. The second kappa shape index (κ2) is 10.1. The molecule has 3 rings (SSSR count). The summed E-state index contributed by atoms with van der Waals surface area (Å²) in [5.74, 6) is -6.74. The molecule has 1 aliphatic rings. The van der Waals surface area contributed by atoms with E-state index in [9.17, 15) is 31.5 Å². The van der Waals surface area contributed by atoms with Gasteiger partial charge in [0.25, 0.3) is 11.8 Å². The fraction of sp³-hybridized carbons (Fsp3) is 0.409. The summed E-state index contributed by atoms with van der Waals surface area (Å²) in [5.41, 5.74) is 1.96. The van der Waals surface area contributed by atoms with E-state index in [1.807, 2.05) is 0 Å². The zero-order valence-corrected chi connectivity index (χ0v) is 18.4. The predicted octanol–water partition coefficient (Wildman–Crippen LogP) is 3.05. The molecule has 0 spiro atoms. The fourth-order valence-corrected chi connectivity index (χ4v) is 3.71. The highest BCUT2D eigenvalue weighted by molar-refractivity contribution is 5.97. The first-order valence-corrected chi connectivity index (χ1v) is 10.4. The van der Waals surface area contributed by atoms with Crippen molar-refractivity contribution in [3.63, 3.8) is 0 Å². The van der Waals surface area contributed by atoms with Gasteiger partial charge >= 0.3 is 6.18 Å². The van der Waals surface area contributed by atoms with E-state index >= 15 is 0 Å². The van der Waals surface area contributed by atoms with E-state index in [-0.39, 0.29) is 36.6 Å². The summed E-state index contributed by atoms with van der Waals surface area (Å²) in [4.78, 5) is 28.1. The summed E-state index contributed by atoms with van der Waals surface area (Å²) >= 11 is 0. The molecule has 1 aliphatic heterocycles. The van der Waals surface area contributed by atoms with Gasteiger partial charge in [-0.05, 0) is 31.5 Å². The number of nitrogens with two attached hydrogens (primary N) is 1. The van der Waals surface area contributed by atoms with Crippen molar-refractivity contribution in [3.05, 3.63) is 53.4 Å². The zero-order valence-electron chi connectivity index (χ0n) is 18.4. The number of anilines is 1. The number of aromatic nitrogens is 1. The van der Waals surface area contributed by atoms with E-state index < -0.39 is 59.4 Å². The van der Waals surface area contributed by atoms with Crippen LogP contribution in [0.15, 0.2) is 30.5 Å². The molecule has 190 valence electrons. The summed E-state index contributed by atoms with van der Waals surface area (Å²) in [6, 6.07) is 4.14. The number of halogens is 5. The third-order valence-corrected chi connectivity index (χ3v) is 5.53. The second-order valence-electron chi connectivity index (χ2n) is 8.07. The van der Waals surface area contributed by atoms with Gasteiger partial charge in [0.1, 0.15) is 11.8 Å². The molecular formula is C22H22F5N3O5. The van der Waals surface area contributed by atoms with Crippen LogP contribution in [-0.2, 0) is 9.53 Å². The minimum absolute atomic E-state index is 0.00599. The van der Waals surface area contributed by atoms with Crippen LogP contribution in [-0.4, -0.2) is 53.0 Å². The van der Waals surface area contributed by atoms with Gasteiger partial charge in [-0.3, -0.25) is 14.6 Å². The molecule has 0 unspecified atom stereocenters. The molecule has 3 atom stereocenters. The Kier molecular flexibility index (Phi) is 7.60. The number of primary amides is 1. The van der Waals surface area contributed by atoms with Crippen LogP contribution in [0.5, 0.6) is 5.75 Å². The summed E-state index contributed by atoms with van der Waals surface area (Å²) in [7, 11) is 0. The Hall–Kier alpha value is -3.32. The molecule has 0 aliphatic carbocycles. The number of amides is 2. The van der Waals surface area contributed by atoms with Gasteiger partial charge in [-0.2, -0.15) is 17.6 Å². The Bertz CT molecular complexity index is 1110. The molecule has 0 bridgehead atoms. The smallest absolute Gasteiger partial charge is 0.417 e. The zero-order chi connectivity index (χ0) is 26.0. The van der Waals surface area contributed by atoms with E-state index in [0.29, 0.717) is 6.07 Å². The van der Waals surface area contributed by atoms with E-state index in [4.69, 9.17) is 20.3 Å². The van der Waals surface area contributed by atoms with Crippen molar-refractivity contribution in [2.45, 2.75) is 43.6 Å². The minimum Gasteiger partial charge on any atom is -0.490 e. The van der Waals surface area contributed by atoms with Crippen molar-refractivity contribution in [3.8, 4) is 5.75 Å². The highest BCUT2D eigenvalue weighted by Gasteiger charge is 2.61. The number of hydrogen-bond acceptors (Lipinski definition) is 6. The van der Waals surface area contributed by atoms with Crippen LogP contribution < -0.4 is 15.8 Å². The maximum atomic E-state index is 14.6. The molecule has 1 saturated heterocycles. The van der Waals surface area contributed by atoms with Gasteiger partial charge in [0.05, 0.1) is 6.61 Å². The molecule has 1 aromatic heterocycles. The van der Waals surface area contributed by atoms with Gasteiger partial charge in [-0.15, -0.1) is 0 Å². The Balaban J connectivity index is 2.01. The number of hydrogen-bond donors (Lipinski definition) is 3. The molecule has 2 heterocycles. The first kappa shape index (κ1) is 26.3. The minimum atomic E-state index is -4.90. The van der Waals surface area contributed by atoms with Crippen LogP contribution in [0.2, 0.25) is 0 Å². The maximum Gasteiger partial charge on any atom is 0.417 e. The number of nitrogens with one attached hydrogen (secondary N) is 1. The lowest BCUT2D eigenvalue weighted by Crippen LogP contribution is -2.43. The molecule has 0 saturated carbocycles. The van der Waals surface area contributed by atoms with Crippen LogP contribution in [0.25, 0.3) is 0 Å². The van der Waals surface area contributed by atoms with Crippen LogP contribution in [0.1, 0.15) is 41.7 Å². The molecule has 1 aromatic carbocycles. The molecule has 4 N–H and O–H groups in total. The first-order chi connectivity index (χ1) is 16.4. The quantitative estimate of drug-likeness (QED) is 0.376. The van der Waals surface area contributed by atoms with Crippen LogP contribution in [0.4, 0.5) is 27.6 Å². The maximum absolute atomic E-state index is 14.6. The van der Waals surface area contributed by atoms with Crippen LogP contribution in [0.3, 0.4) is 0 Å². The number of pyridine rings is 1. The summed E-state index contributed by atoms with van der Waals surface area (Å²) in [6.07, 6.45) is -6.28. The number of benzene rings is 1. The van der Waals surface area contributed by atoms with E-state index in [2.05, 4.69) is 10.3 Å². The molecule has 1 fully saturated rings. The number of aliphatic hydroxyl groups excluding tert-OH is 1. The van der Waals surface area contributed by atoms with Crippen LogP contribution >= 0.6 is 0 Å². The number of carbonyl (C=O) groups is 2. The first-order valence-electron chi connectivity index (χ1n) is 10.4. The van der Waals surface area contributed by atoms with Gasteiger partial charge in [-0.25, -0.2) is 4.39 Å². The fourth-order valence-electron chi connectivity index (χ4n) is 3.71. The van der Waals surface area contributed by atoms with Crippen molar-refractivity contribution < 1.29 is 46.1 Å². The lowest BCUT2D eigenvalue weighted by atomic mass is 9.85. The third-order valence-electron chi connectivity index (χ3n) is 5.53. The summed E-state index contributed by atoms with van der Waals surface area (Å²) < 4.78 is 80.4. The van der Waals surface area contributed by atoms with Gasteiger partial charge in [0.2, 0.25) is 5.82 Å². The number of carbonyl (C=O) groups excluding carboxylic acids is 2. The lowest BCUT2D eigenvalue weighted by Gasteiger charge is -2.27. The molecule has 0 radical (unpaired) electrons. The molecule has 13 heteroatoms. The molecule has 2 aromatic rings. The lowest BCUT2D eigenvalue weighted by molar-refractivity contribution is -0.261. The van der Waals surface area contributed by atoms with E-state index in [1.54, 1.807) is 0 Å². The average Bonchev–Trinajstić information content (AvgIpc) is 3.16. The number of ether oxygens (including phenoxy) is 2. The Labute approximate surface area is 196 Å². The van der Waals surface area contributed by atoms with Gasteiger partial charge in [0, 0.05) is 36.4 Å². The average molecular weight is 503 g/mol. The van der Waals surface area contributed by atoms with Crippen molar-refractivity contribution in [2.75, 3.05) is 18.5 Å². The topological polar surface area (TPSA) is 124 Å². The second-order valence-corrected chi connectivity index (χ2v) is 8.07. The largest absolute Gasteiger partial charge is 0.490 e. The van der Waals surface area contributed by atoms with Crippen molar-refractivity contribution in [1.29, 1.82) is 0 Å². The van der Waals surface area contributed by atoms with Crippen molar-refractivity contribution in [2.24, 2.45) is 5.73 Å². The van der Waals surface area contributed by atoms with Gasteiger partial charge < -0.3 is 25.6 Å². The molecular weight excluding hydrogens is 481 g/mol.